The van der Waals surface area contributed by atoms with Crippen LogP contribution in [0.5, 0.6) is 0 Å². The molecular weight excluding hydrogens is 286 g/mol. The Balaban J connectivity index is 2.44. The zero-order valence-corrected chi connectivity index (χ0v) is 13.3. The quantitative estimate of drug-likeness (QED) is 0.824. The summed E-state index contributed by atoms with van der Waals surface area (Å²) in [6.45, 7) is 3.66. The summed E-state index contributed by atoms with van der Waals surface area (Å²) in [5.41, 5.74) is -0.430. The van der Waals surface area contributed by atoms with Crippen molar-refractivity contribution in [2.24, 2.45) is 14.1 Å². The molecule has 2 rings (SSSR count). The topological polar surface area (TPSA) is 90.9 Å². The first kappa shape index (κ1) is 16.0. The Hall–Kier alpha value is -2.38. The minimum atomic E-state index is -0.545. The molecule has 2 aromatic heterocycles. The van der Waals surface area contributed by atoms with Gasteiger partial charge in [0.25, 0.3) is 5.56 Å². The zero-order chi connectivity index (χ0) is 16.4. The van der Waals surface area contributed by atoms with E-state index in [0.29, 0.717) is 11.2 Å². The lowest BCUT2D eigenvalue weighted by atomic mass is 10.2. The highest BCUT2D eigenvalue weighted by atomic mass is 16.2. The first-order valence-electron chi connectivity index (χ1n) is 7.30. The van der Waals surface area contributed by atoms with E-state index in [2.05, 4.69) is 10.3 Å². The number of nitrogens with one attached hydrogen (secondary N) is 1. The number of fused-ring (bicyclic) bond motifs is 1. The molecule has 8 heteroatoms. The molecule has 0 spiro atoms. The number of amides is 1. The van der Waals surface area contributed by atoms with E-state index in [1.165, 1.54) is 17.9 Å². The van der Waals surface area contributed by atoms with Crippen molar-refractivity contribution in [2.45, 2.75) is 39.3 Å². The Kier molecular flexibility index (Phi) is 4.48. The van der Waals surface area contributed by atoms with Gasteiger partial charge < -0.3 is 9.88 Å². The van der Waals surface area contributed by atoms with Crippen LogP contribution in [0.25, 0.3) is 11.2 Å². The summed E-state index contributed by atoms with van der Waals surface area (Å²) >= 11 is 0. The SMILES string of the molecule is CCC(CC)NC(=O)Cn1c(=O)c2c(ncn2C)n(C)c1=O. The van der Waals surface area contributed by atoms with Crippen molar-refractivity contribution in [3.63, 3.8) is 0 Å². The van der Waals surface area contributed by atoms with E-state index in [1.807, 2.05) is 13.8 Å². The molecule has 0 aromatic carbocycles. The summed E-state index contributed by atoms with van der Waals surface area (Å²) < 4.78 is 3.77. The van der Waals surface area contributed by atoms with Gasteiger partial charge in [-0.25, -0.2) is 14.3 Å². The third-order valence-electron chi connectivity index (χ3n) is 3.85. The Labute approximate surface area is 127 Å². The lowest BCUT2D eigenvalue weighted by Crippen LogP contribution is -2.45. The summed E-state index contributed by atoms with van der Waals surface area (Å²) in [6.07, 6.45) is 3.08. The van der Waals surface area contributed by atoms with Crippen LogP contribution in [-0.2, 0) is 25.4 Å². The minimum absolute atomic E-state index is 0.0486. The second-order valence-corrected chi connectivity index (χ2v) is 5.34. The largest absolute Gasteiger partial charge is 0.352 e. The van der Waals surface area contributed by atoms with Crippen molar-refractivity contribution in [1.82, 2.24) is 24.0 Å². The van der Waals surface area contributed by atoms with Crippen LogP contribution in [-0.4, -0.2) is 30.6 Å². The number of imidazole rings is 1. The van der Waals surface area contributed by atoms with Gasteiger partial charge in [-0.15, -0.1) is 0 Å². The number of nitrogens with zero attached hydrogens (tertiary/aromatic N) is 4. The first-order valence-corrected chi connectivity index (χ1v) is 7.30. The van der Waals surface area contributed by atoms with Crippen LogP contribution >= 0.6 is 0 Å². The molecule has 22 heavy (non-hydrogen) atoms. The Morgan fingerprint density at radius 2 is 1.91 bits per heavy atom. The van der Waals surface area contributed by atoms with Crippen LogP contribution in [0.1, 0.15) is 26.7 Å². The normalized spacial score (nSPS) is 11.3. The van der Waals surface area contributed by atoms with Crippen molar-refractivity contribution in [2.75, 3.05) is 0 Å². The molecule has 0 radical (unpaired) electrons. The number of aromatic nitrogens is 4. The molecular formula is C14H21N5O3. The third-order valence-corrected chi connectivity index (χ3v) is 3.85. The molecule has 0 unspecified atom stereocenters. The number of rotatable bonds is 5. The monoisotopic (exact) mass is 307 g/mol. The first-order chi connectivity index (χ1) is 10.4. The van der Waals surface area contributed by atoms with Crippen LogP contribution in [0, 0.1) is 0 Å². The molecule has 0 fully saturated rings. The molecule has 0 saturated heterocycles. The fraction of sp³-hybridized carbons (Fsp3) is 0.571. The van der Waals surface area contributed by atoms with Gasteiger partial charge in [-0.05, 0) is 12.8 Å². The van der Waals surface area contributed by atoms with Gasteiger partial charge in [0, 0.05) is 20.1 Å². The van der Waals surface area contributed by atoms with Crippen molar-refractivity contribution in [3.05, 3.63) is 27.2 Å². The summed E-state index contributed by atoms with van der Waals surface area (Å²) in [4.78, 5) is 40.8. The highest BCUT2D eigenvalue weighted by Gasteiger charge is 2.17. The maximum absolute atomic E-state index is 12.5. The molecule has 0 aliphatic carbocycles. The lowest BCUT2D eigenvalue weighted by molar-refractivity contribution is -0.122. The number of aryl methyl sites for hydroxylation is 2. The summed E-state index contributed by atoms with van der Waals surface area (Å²) in [5.74, 6) is -0.339. The van der Waals surface area contributed by atoms with E-state index in [1.54, 1.807) is 11.6 Å². The predicted octanol–water partition coefficient (Wildman–Crippen LogP) is -0.261. The molecule has 0 aliphatic heterocycles. The van der Waals surface area contributed by atoms with Crippen molar-refractivity contribution < 1.29 is 4.79 Å². The standard InChI is InChI=1S/C14H21N5O3/c1-5-9(6-2)16-10(20)7-19-13(21)11-12(15-8-17(11)3)18(4)14(19)22/h8-9H,5-7H2,1-4H3,(H,16,20). The zero-order valence-electron chi connectivity index (χ0n) is 13.3. The lowest BCUT2D eigenvalue weighted by Gasteiger charge is -2.15. The minimum Gasteiger partial charge on any atom is -0.352 e. The van der Waals surface area contributed by atoms with E-state index in [0.717, 1.165) is 17.4 Å². The molecule has 0 saturated carbocycles. The second-order valence-electron chi connectivity index (χ2n) is 5.34. The summed E-state index contributed by atoms with van der Waals surface area (Å²) in [5, 5.41) is 2.83. The van der Waals surface area contributed by atoms with Gasteiger partial charge in [-0.1, -0.05) is 13.8 Å². The molecule has 1 amide bonds. The third kappa shape index (κ3) is 2.68. The van der Waals surface area contributed by atoms with Gasteiger partial charge in [-0.2, -0.15) is 0 Å². The highest BCUT2D eigenvalue weighted by molar-refractivity contribution is 5.76. The molecule has 2 aromatic rings. The number of hydrogen-bond acceptors (Lipinski definition) is 4. The smallest absolute Gasteiger partial charge is 0.332 e. The fourth-order valence-electron chi connectivity index (χ4n) is 2.45. The van der Waals surface area contributed by atoms with E-state index in [9.17, 15) is 14.4 Å². The van der Waals surface area contributed by atoms with Gasteiger partial charge in [0.1, 0.15) is 6.54 Å². The molecule has 0 atom stereocenters. The van der Waals surface area contributed by atoms with Crippen LogP contribution in [0.4, 0.5) is 0 Å². The van der Waals surface area contributed by atoms with Crippen LogP contribution < -0.4 is 16.6 Å². The van der Waals surface area contributed by atoms with Gasteiger partial charge in [0.05, 0.1) is 6.33 Å². The average Bonchev–Trinajstić information content (AvgIpc) is 2.89. The van der Waals surface area contributed by atoms with Crippen LogP contribution in [0.15, 0.2) is 15.9 Å². The van der Waals surface area contributed by atoms with Crippen LogP contribution in [0.2, 0.25) is 0 Å². The predicted molar refractivity (Wildman–Crippen MR) is 82.7 cm³/mol. The van der Waals surface area contributed by atoms with Crippen LogP contribution in [0.3, 0.4) is 0 Å². The Bertz CT molecular complexity index is 810. The van der Waals surface area contributed by atoms with Crippen molar-refractivity contribution >= 4 is 17.1 Å². The van der Waals surface area contributed by atoms with E-state index in [-0.39, 0.29) is 18.5 Å². The number of carbonyl (C=O) groups is 1. The van der Waals surface area contributed by atoms with Crippen molar-refractivity contribution in [3.8, 4) is 0 Å². The van der Waals surface area contributed by atoms with E-state index >= 15 is 0 Å². The highest BCUT2D eigenvalue weighted by Crippen LogP contribution is 2.03. The Morgan fingerprint density at radius 3 is 2.50 bits per heavy atom. The molecule has 2 heterocycles. The van der Waals surface area contributed by atoms with Gasteiger partial charge in [-0.3, -0.25) is 14.2 Å². The molecule has 0 bridgehead atoms. The van der Waals surface area contributed by atoms with E-state index < -0.39 is 11.2 Å². The molecule has 1 N–H and O–H groups in total. The average molecular weight is 307 g/mol. The molecule has 0 aliphatic rings. The van der Waals surface area contributed by atoms with Gasteiger partial charge in [0.15, 0.2) is 11.2 Å². The maximum Gasteiger partial charge on any atom is 0.332 e. The fourth-order valence-corrected chi connectivity index (χ4v) is 2.45. The number of carbonyl (C=O) groups excluding carboxylic acids is 1. The second kappa shape index (κ2) is 6.17. The Morgan fingerprint density at radius 1 is 1.27 bits per heavy atom. The summed E-state index contributed by atoms with van der Waals surface area (Å²) in [6, 6.07) is 0.0486. The van der Waals surface area contributed by atoms with Crippen molar-refractivity contribution in [1.29, 1.82) is 0 Å². The van der Waals surface area contributed by atoms with Gasteiger partial charge >= 0.3 is 5.69 Å². The number of hydrogen-bond donors (Lipinski definition) is 1. The maximum atomic E-state index is 12.5. The molecule has 8 nitrogen and oxygen atoms in total. The van der Waals surface area contributed by atoms with E-state index in [4.69, 9.17) is 0 Å². The summed E-state index contributed by atoms with van der Waals surface area (Å²) in [7, 11) is 3.21. The molecule has 120 valence electrons. The van der Waals surface area contributed by atoms with Gasteiger partial charge in [0.2, 0.25) is 5.91 Å².